The van der Waals surface area contributed by atoms with Crippen LogP contribution < -0.4 is 14.8 Å². The van der Waals surface area contributed by atoms with Gasteiger partial charge in [0.1, 0.15) is 19.0 Å². The van der Waals surface area contributed by atoms with Crippen LogP contribution in [0.5, 0.6) is 11.5 Å². The van der Waals surface area contributed by atoms with Crippen molar-refractivity contribution in [1.82, 2.24) is 0 Å². The molecule has 0 bridgehead atoms. The number of sulfone groups is 1. The van der Waals surface area contributed by atoms with Crippen LogP contribution in [0.15, 0.2) is 41.3 Å². The highest BCUT2D eigenvalue weighted by molar-refractivity contribution is 7.91. The Labute approximate surface area is 154 Å². The van der Waals surface area contributed by atoms with Crippen LogP contribution in [0.3, 0.4) is 0 Å². The van der Waals surface area contributed by atoms with Crippen molar-refractivity contribution in [3.8, 4) is 11.5 Å². The third-order valence-electron chi connectivity index (χ3n) is 3.67. The van der Waals surface area contributed by atoms with Crippen molar-refractivity contribution in [2.75, 3.05) is 24.3 Å². The molecule has 1 N–H and O–H groups in total. The zero-order valence-electron chi connectivity index (χ0n) is 13.5. The second kappa shape index (κ2) is 7.51. The average Bonchev–Trinajstić information content (AvgIpc) is 2.63. The Balaban J connectivity index is 1.64. The van der Waals surface area contributed by atoms with Gasteiger partial charge in [0.05, 0.1) is 15.7 Å². The number of hydrogen-bond acceptors (Lipinski definition) is 5. The van der Waals surface area contributed by atoms with Crippen LogP contribution in [0, 0.1) is 5.82 Å². The molecule has 0 unspecified atom stereocenters. The Morgan fingerprint density at radius 2 is 1.85 bits per heavy atom. The number of rotatable bonds is 5. The molecule has 3 rings (SSSR count). The van der Waals surface area contributed by atoms with Crippen molar-refractivity contribution in [3.05, 3.63) is 47.2 Å². The van der Waals surface area contributed by atoms with Crippen molar-refractivity contribution >= 4 is 33.0 Å². The summed E-state index contributed by atoms with van der Waals surface area (Å²) in [5, 5.41) is 2.35. The number of benzene rings is 2. The van der Waals surface area contributed by atoms with Crippen molar-refractivity contribution in [2.24, 2.45) is 0 Å². The number of carbonyl (C=O) groups excluding carboxylic acids is 1. The Morgan fingerprint density at radius 1 is 1.12 bits per heavy atom. The molecule has 0 radical (unpaired) electrons. The lowest BCUT2D eigenvalue weighted by Gasteiger charge is -2.18. The number of ether oxygens (including phenoxy) is 2. The van der Waals surface area contributed by atoms with Gasteiger partial charge >= 0.3 is 0 Å². The van der Waals surface area contributed by atoms with E-state index in [1.807, 2.05) is 0 Å². The van der Waals surface area contributed by atoms with Crippen molar-refractivity contribution < 1.29 is 27.1 Å². The van der Waals surface area contributed by atoms with Crippen molar-refractivity contribution in [1.29, 1.82) is 0 Å². The van der Waals surface area contributed by atoms with Gasteiger partial charge in [0.2, 0.25) is 5.91 Å². The van der Waals surface area contributed by atoms with Gasteiger partial charge in [0.25, 0.3) is 0 Å². The number of hydrogen-bond donors (Lipinski definition) is 1. The fourth-order valence-electron chi connectivity index (χ4n) is 2.36. The quantitative estimate of drug-likeness (QED) is 0.835. The lowest BCUT2D eigenvalue weighted by atomic mass is 10.3. The number of carbonyl (C=O) groups is 1. The molecule has 138 valence electrons. The number of fused-ring (bicyclic) bond motifs is 1. The summed E-state index contributed by atoms with van der Waals surface area (Å²) in [4.78, 5) is 12.0. The first-order chi connectivity index (χ1) is 12.3. The summed E-state index contributed by atoms with van der Waals surface area (Å²) >= 11 is 5.64. The van der Waals surface area contributed by atoms with Crippen LogP contribution in [-0.2, 0) is 14.6 Å². The minimum absolute atomic E-state index is 0.0550. The molecule has 9 heteroatoms. The first kappa shape index (κ1) is 18.5. The van der Waals surface area contributed by atoms with Gasteiger partial charge < -0.3 is 14.8 Å². The first-order valence-corrected chi connectivity index (χ1v) is 9.75. The van der Waals surface area contributed by atoms with Crippen LogP contribution in [0.1, 0.15) is 6.42 Å². The molecule has 1 aliphatic heterocycles. The lowest BCUT2D eigenvalue weighted by molar-refractivity contribution is -0.115. The van der Waals surface area contributed by atoms with E-state index in [1.165, 1.54) is 30.3 Å². The zero-order chi connectivity index (χ0) is 18.7. The van der Waals surface area contributed by atoms with E-state index in [9.17, 15) is 17.6 Å². The largest absolute Gasteiger partial charge is 0.486 e. The first-order valence-electron chi connectivity index (χ1n) is 7.72. The molecule has 0 atom stereocenters. The van der Waals surface area contributed by atoms with E-state index in [0.717, 1.165) is 6.07 Å². The molecule has 0 fully saturated rings. The van der Waals surface area contributed by atoms with E-state index in [2.05, 4.69) is 5.32 Å². The normalized spacial score (nSPS) is 13.3. The van der Waals surface area contributed by atoms with Crippen molar-refractivity contribution in [3.63, 3.8) is 0 Å². The molecule has 0 saturated carbocycles. The molecule has 1 amide bonds. The van der Waals surface area contributed by atoms with Crippen LogP contribution in [0.2, 0.25) is 5.02 Å². The molecular formula is C17H15ClFNO5S. The summed E-state index contributed by atoms with van der Waals surface area (Å²) in [7, 11) is -3.68. The standard InChI is InChI=1S/C17H15ClFNO5S/c18-13-9-11(1-3-14(13)19)20-17(21)5-8-26(22,23)12-2-4-15-16(10-12)25-7-6-24-15/h1-4,9-10H,5-8H2,(H,20,21). The highest BCUT2D eigenvalue weighted by Crippen LogP contribution is 2.32. The Bertz CT molecular complexity index is 948. The molecule has 26 heavy (non-hydrogen) atoms. The third-order valence-corrected chi connectivity index (χ3v) is 5.68. The van der Waals surface area contributed by atoms with E-state index < -0.39 is 21.6 Å². The van der Waals surface area contributed by atoms with E-state index >= 15 is 0 Å². The van der Waals surface area contributed by atoms with E-state index in [1.54, 1.807) is 0 Å². The number of anilines is 1. The summed E-state index contributed by atoms with van der Waals surface area (Å²) in [6, 6.07) is 8.05. The van der Waals surface area contributed by atoms with Gasteiger partial charge in [-0.05, 0) is 30.3 Å². The second-order valence-corrected chi connectivity index (χ2v) is 8.07. The Kier molecular flexibility index (Phi) is 5.33. The van der Waals surface area contributed by atoms with Crippen LogP contribution in [0.4, 0.5) is 10.1 Å². The summed E-state index contributed by atoms with van der Waals surface area (Å²) in [6.07, 6.45) is -0.258. The fourth-order valence-corrected chi connectivity index (χ4v) is 3.79. The van der Waals surface area contributed by atoms with Crippen LogP contribution >= 0.6 is 11.6 Å². The minimum atomic E-state index is -3.68. The fraction of sp³-hybridized carbons (Fsp3) is 0.235. The molecular weight excluding hydrogens is 385 g/mol. The van der Waals surface area contributed by atoms with Gasteiger partial charge in [-0.25, -0.2) is 12.8 Å². The van der Waals surface area contributed by atoms with Crippen LogP contribution in [-0.4, -0.2) is 33.3 Å². The third kappa shape index (κ3) is 4.25. The minimum Gasteiger partial charge on any atom is -0.486 e. The smallest absolute Gasteiger partial charge is 0.225 e. The summed E-state index contributed by atoms with van der Waals surface area (Å²) in [5.74, 6) is -0.656. The molecule has 0 aliphatic carbocycles. The molecule has 6 nitrogen and oxygen atoms in total. The Morgan fingerprint density at radius 3 is 2.58 bits per heavy atom. The average molecular weight is 400 g/mol. The molecule has 2 aromatic rings. The second-order valence-electron chi connectivity index (χ2n) is 5.55. The van der Waals surface area contributed by atoms with Gasteiger partial charge in [-0.15, -0.1) is 0 Å². The summed E-state index contributed by atoms with van der Waals surface area (Å²) in [5.41, 5.74) is 0.290. The predicted octanol–water partition coefficient (Wildman–Crippen LogP) is 3.05. The van der Waals surface area contributed by atoms with Gasteiger partial charge in [-0.3, -0.25) is 4.79 Å². The summed E-state index contributed by atoms with van der Waals surface area (Å²) in [6.45, 7) is 0.756. The molecule has 0 spiro atoms. The van der Waals surface area contributed by atoms with Crippen molar-refractivity contribution in [2.45, 2.75) is 11.3 Å². The maximum atomic E-state index is 13.1. The Hall–Kier alpha value is -2.32. The maximum absolute atomic E-state index is 13.1. The number of nitrogens with one attached hydrogen (secondary N) is 1. The number of halogens is 2. The van der Waals surface area contributed by atoms with E-state index in [0.29, 0.717) is 24.7 Å². The summed E-state index contributed by atoms with van der Waals surface area (Å²) < 4.78 is 48.7. The monoisotopic (exact) mass is 399 g/mol. The maximum Gasteiger partial charge on any atom is 0.225 e. The highest BCUT2D eigenvalue weighted by Gasteiger charge is 2.20. The van der Waals surface area contributed by atoms with E-state index in [4.69, 9.17) is 21.1 Å². The lowest BCUT2D eigenvalue weighted by Crippen LogP contribution is -2.18. The molecule has 1 heterocycles. The molecule has 0 saturated heterocycles. The highest BCUT2D eigenvalue weighted by atomic mass is 35.5. The zero-order valence-corrected chi connectivity index (χ0v) is 15.1. The van der Waals surface area contributed by atoms with Gasteiger partial charge in [-0.2, -0.15) is 0 Å². The van der Waals surface area contributed by atoms with Gasteiger partial charge in [-0.1, -0.05) is 11.6 Å². The molecule has 1 aliphatic rings. The van der Waals surface area contributed by atoms with E-state index in [-0.39, 0.29) is 27.8 Å². The van der Waals surface area contributed by atoms with Crippen LogP contribution in [0.25, 0.3) is 0 Å². The SMILES string of the molecule is O=C(CCS(=O)(=O)c1ccc2c(c1)OCCO2)Nc1ccc(F)c(Cl)c1. The predicted molar refractivity (Wildman–Crippen MR) is 94.1 cm³/mol. The van der Waals surface area contributed by atoms with Gasteiger partial charge in [0, 0.05) is 18.2 Å². The van der Waals surface area contributed by atoms with Gasteiger partial charge in [0.15, 0.2) is 21.3 Å². The molecule has 0 aromatic heterocycles. The molecule has 2 aromatic carbocycles. The number of amides is 1. The topological polar surface area (TPSA) is 81.7 Å².